The van der Waals surface area contributed by atoms with Crippen molar-refractivity contribution in [3.63, 3.8) is 0 Å². The first-order chi connectivity index (χ1) is 10.5. The number of carbonyl (C=O) groups excluding carboxylic acids is 2. The zero-order chi connectivity index (χ0) is 16.5. The summed E-state index contributed by atoms with van der Waals surface area (Å²) >= 11 is 11.8. The molecule has 2 amide bonds. The van der Waals surface area contributed by atoms with Gasteiger partial charge in [0, 0.05) is 18.0 Å². The molecular weight excluding hydrogens is 325 g/mol. The van der Waals surface area contributed by atoms with Crippen LogP contribution in [0.4, 0.5) is 5.69 Å². The van der Waals surface area contributed by atoms with E-state index in [2.05, 4.69) is 5.32 Å². The Labute approximate surface area is 140 Å². The molecule has 0 fully saturated rings. The van der Waals surface area contributed by atoms with Crippen molar-refractivity contribution >= 4 is 40.7 Å². The number of anilines is 1. The molecule has 0 atom stereocenters. The Bertz CT molecular complexity index is 524. The van der Waals surface area contributed by atoms with Crippen LogP contribution in [-0.4, -0.2) is 36.3 Å². The Hall–Kier alpha value is -1.30. The quantitative estimate of drug-likeness (QED) is 0.760. The minimum atomic E-state index is -0.293. The second kappa shape index (κ2) is 9.66. The van der Waals surface area contributed by atoms with E-state index in [1.54, 1.807) is 18.2 Å². The molecular formula is C15H21Cl2N3O2. The van der Waals surface area contributed by atoms with E-state index in [-0.39, 0.29) is 18.4 Å². The van der Waals surface area contributed by atoms with Gasteiger partial charge in [-0.25, -0.2) is 0 Å². The number of amides is 2. The zero-order valence-electron chi connectivity index (χ0n) is 12.6. The summed E-state index contributed by atoms with van der Waals surface area (Å²) in [5, 5.41) is 3.54. The van der Waals surface area contributed by atoms with Gasteiger partial charge in [0.2, 0.25) is 11.8 Å². The van der Waals surface area contributed by atoms with E-state index in [0.29, 0.717) is 41.7 Å². The average Bonchev–Trinajstić information content (AvgIpc) is 2.47. The molecule has 0 heterocycles. The summed E-state index contributed by atoms with van der Waals surface area (Å²) in [4.78, 5) is 25.7. The fourth-order valence-electron chi connectivity index (χ4n) is 1.93. The fraction of sp³-hybridized carbons (Fsp3) is 0.467. The summed E-state index contributed by atoms with van der Waals surface area (Å²) in [6.07, 6.45) is 1.75. The van der Waals surface area contributed by atoms with Crippen LogP contribution in [0, 0.1) is 0 Å². The largest absolute Gasteiger partial charge is 0.333 e. The number of hydrogen-bond acceptors (Lipinski definition) is 3. The van der Waals surface area contributed by atoms with Gasteiger partial charge >= 0.3 is 0 Å². The van der Waals surface area contributed by atoms with E-state index < -0.39 is 0 Å². The Morgan fingerprint density at radius 3 is 2.64 bits per heavy atom. The highest BCUT2D eigenvalue weighted by atomic mass is 35.5. The molecule has 0 unspecified atom stereocenters. The van der Waals surface area contributed by atoms with Crippen molar-refractivity contribution in [2.75, 3.05) is 25.0 Å². The Morgan fingerprint density at radius 2 is 2.05 bits per heavy atom. The lowest BCUT2D eigenvalue weighted by Gasteiger charge is -2.21. The van der Waals surface area contributed by atoms with Crippen LogP contribution in [0.3, 0.4) is 0 Å². The van der Waals surface area contributed by atoms with E-state index in [1.165, 1.54) is 4.90 Å². The number of carbonyl (C=O) groups is 2. The highest BCUT2D eigenvalue weighted by Crippen LogP contribution is 2.25. The van der Waals surface area contributed by atoms with Gasteiger partial charge in [-0.1, -0.05) is 30.1 Å². The molecule has 5 nitrogen and oxygen atoms in total. The molecule has 7 heteroatoms. The summed E-state index contributed by atoms with van der Waals surface area (Å²) in [5.74, 6) is -0.358. The van der Waals surface area contributed by atoms with Gasteiger partial charge in [-0.05, 0) is 37.6 Å². The zero-order valence-corrected chi connectivity index (χ0v) is 14.1. The molecule has 122 valence electrons. The smallest absolute Gasteiger partial charge is 0.244 e. The third-order valence-corrected chi connectivity index (χ3v) is 3.53. The van der Waals surface area contributed by atoms with Gasteiger partial charge in [0.1, 0.15) is 0 Å². The predicted octanol–water partition coefficient (Wildman–Crippen LogP) is 2.91. The lowest BCUT2D eigenvalue weighted by atomic mass is 10.2. The molecule has 0 bridgehead atoms. The molecule has 0 aromatic heterocycles. The second-order valence-corrected chi connectivity index (χ2v) is 5.72. The molecule has 3 N–H and O–H groups in total. The van der Waals surface area contributed by atoms with E-state index in [9.17, 15) is 9.59 Å². The van der Waals surface area contributed by atoms with Crippen LogP contribution >= 0.6 is 23.2 Å². The van der Waals surface area contributed by atoms with Crippen LogP contribution in [0.1, 0.15) is 26.2 Å². The van der Waals surface area contributed by atoms with Crippen molar-refractivity contribution in [3.05, 3.63) is 28.2 Å². The fourth-order valence-corrected chi connectivity index (χ4v) is 2.38. The van der Waals surface area contributed by atoms with Crippen molar-refractivity contribution in [1.29, 1.82) is 0 Å². The number of rotatable bonds is 8. The van der Waals surface area contributed by atoms with Crippen LogP contribution in [0.15, 0.2) is 18.2 Å². The summed E-state index contributed by atoms with van der Waals surface area (Å²) in [6, 6.07) is 4.82. The molecule has 0 saturated carbocycles. The Kier molecular flexibility index (Phi) is 8.24. The molecule has 0 aliphatic carbocycles. The van der Waals surface area contributed by atoms with Gasteiger partial charge in [-0.2, -0.15) is 0 Å². The third-order valence-electron chi connectivity index (χ3n) is 2.98. The highest BCUT2D eigenvalue weighted by molar-refractivity contribution is 6.36. The molecule has 0 spiro atoms. The number of halogens is 2. The number of nitrogens with two attached hydrogens (primary N) is 1. The van der Waals surface area contributed by atoms with Gasteiger partial charge in [0.05, 0.1) is 17.3 Å². The molecule has 1 rings (SSSR count). The lowest BCUT2D eigenvalue weighted by molar-refractivity contribution is -0.134. The lowest BCUT2D eigenvalue weighted by Crippen LogP contribution is -2.38. The van der Waals surface area contributed by atoms with E-state index in [0.717, 1.165) is 6.42 Å². The Morgan fingerprint density at radius 1 is 1.32 bits per heavy atom. The average molecular weight is 346 g/mol. The highest BCUT2D eigenvalue weighted by Gasteiger charge is 2.16. The molecule has 0 saturated heterocycles. The van der Waals surface area contributed by atoms with Gasteiger partial charge in [-0.3, -0.25) is 9.59 Å². The number of benzene rings is 1. The standard InChI is InChI=1S/C15H21Cl2N3O2/c1-2-8-20(15(22)4-3-7-18)10-14(21)19-13-6-5-11(16)9-12(13)17/h5-6,9H,2-4,7-8,10,18H2,1H3,(H,19,21). The van der Waals surface area contributed by atoms with Crippen molar-refractivity contribution in [2.24, 2.45) is 5.73 Å². The van der Waals surface area contributed by atoms with Gasteiger partial charge in [0.25, 0.3) is 0 Å². The van der Waals surface area contributed by atoms with Crippen molar-refractivity contribution in [2.45, 2.75) is 26.2 Å². The number of nitrogens with one attached hydrogen (secondary N) is 1. The topological polar surface area (TPSA) is 75.4 Å². The van der Waals surface area contributed by atoms with Crippen molar-refractivity contribution in [1.82, 2.24) is 4.90 Å². The molecule has 0 aliphatic rings. The molecule has 0 radical (unpaired) electrons. The summed E-state index contributed by atoms with van der Waals surface area (Å²) in [7, 11) is 0. The Balaban J connectivity index is 2.64. The van der Waals surface area contributed by atoms with Gasteiger partial charge < -0.3 is 16.0 Å². The minimum absolute atomic E-state index is 0.00377. The maximum Gasteiger partial charge on any atom is 0.244 e. The summed E-state index contributed by atoms with van der Waals surface area (Å²) in [6.45, 7) is 2.94. The molecule has 1 aromatic carbocycles. The summed E-state index contributed by atoms with van der Waals surface area (Å²) < 4.78 is 0. The maximum absolute atomic E-state index is 12.1. The molecule has 1 aromatic rings. The van der Waals surface area contributed by atoms with E-state index in [1.807, 2.05) is 6.92 Å². The number of nitrogens with zero attached hydrogens (tertiary/aromatic N) is 1. The first-order valence-electron chi connectivity index (χ1n) is 7.20. The second-order valence-electron chi connectivity index (χ2n) is 4.88. The van der Waals surface area contributed by atoms with Crippen LogP contribution < -0.4 is 11.1 Å². The SMILES string of the molecule is CCCN(CC(=O)Nc1ccc(Cl)cc1Cl)C(=O)CCCN. The van der Waals surface area contributed by atoms with Crippen LogP contribution in [0.2, 0.25) is 10.0 Å². The van der Waals surface area contributed by atoms with E-state index in [4.69, 9.17) is 28.9 Å². The van der Waals surface area contributed by atoms with Gasteiger partial charge in [0.15, 0.2) is 0 Å². The van der Waals surface area contributed by atoms with Crippen LogP contribution in [0.5, 0.6) is 0 Å². The van der Waals surface area contributed by atoms with Gasteiger partial charge in [-0.15, -0.1) is 0 Å². The van der Waals surface area contributed by atoms with Crippen molar-refractivity contribution < 1.29 is 9.59 Å². The number of hydrogen-bond donors (Lipinski definition) is 2. The van der Waals surface area contributed by atoms with Crippen molar-refractivity contribution in [3.8, 4) is 0 Å². The van der Waals surface area contributed by atoms with Crippen LogP contribution in [0.25, 0.3) is 0 Å². The first-order valence-corrected chi connectivity index (χ1v) is 7.96. The third kappa shape index (κ3) is 6.22. The van der Waals surface area contributed by atoms with Crippen LogP contribution in [-0.2, 0) is 9.59 Å². The monoisotopic (exact) mass is 345 g/mol. The normalized spacial score (nSPS) is 10.4. The maximum atomic E-state index is 12.1. The summed E-state index contributed by atoms with van der Waals surface area (Å²) in [5.41, 5.74) is 5.88. The first kappa shape index (κ1) is 18.7. The molecule has 0 aliphatic heterocycles. The molecule has 22 heavy (non-hydrogen) atoms. The predicted molar refractivity (Wildman–Crippen MR) is 90.3 cm³/mol. The van der Waals surface area contributed by atoms with E-state index >= 15 is 0 Å². The minimum Gasteiger partial charge on any atom is -0.333 e.